The summed E-state index contributed by atoms with van der Waals surface area (Å²) in [5, 5.41) is 6.74. The molecule has 1 aromatic heterocycles. The number of anilines is 2. The number of amides is 1. The van der Waals surface area contributed by atoms with Gasteiger partial charge in [0, 0.05) is 27.5 Å². The fourth-order valence-corrected chi connectivity index (χ4v) is 3.15. The molecule has 0 fully saturated rings. The second kappa shape index (κ2) is 9.36. The van der Waals surface area contributed by atoms with E-state index in [1.54, 1.807) is 49.7 Å². The Morgan fingerprint density at radius 2 is 1.77 bits per heavy atom. The summed E-state index contributed by atoms with van der Waals surface area (Å²) in [6.45, 7) is 0.415. The lowest BCUT2D eigenvalue weighted by molar-refractivity contribution is 0.102. The summed E-state index contributed by atoms with van der Waals surface area (Å²) in [5.41, 5.74) is 2.98. The number of benzene rings is 3. The molecular formula is C24H20ClN3O3. The number of halogens is 1. The highest BCUT2D eigenvalue weighted by Gasteiger charge is 2.09. The summed E-state index contributed by atoms with van der Waals surface area (Å²) in [4.78, 5) is 16.7. The van der Waals surface area contributed by atoms with Crippen molar-refractivity contribution in [1.82, 2.24) is 4.98 Å². The Morgan fingerprint density at radius 1 is 1.03 bits per heavy atom. The van der Waals surface area contributed by atoms with Crippen molar-refractivity contribution in [3.8, 4) is 17.1 Å². The molecule has 0 radical (unpaired) electrons. The quantitative estimate of drug-likeness (QED) is 0.381. The maximum atomic E-state index is 12.4. The lowest BCUT2D eigenvalue weighted by Crippen LogP contribution is -2.11. The van der Waals surface area contributed by atoms with E-state index < -0.39 is 0 Å². The van der Waals surface area contributed by atoms with Crippen LogP contribution in [0.5, 0.6) is 5.75 Å². The number of rotatable bonds is 7. The normalized spacial score (nSPS) is 10.5. The van der Waals surface area contributed by atoms with Crippen molar-refractivity contribution in [1.29, 1.82) is 0 Å². The van der Waals surface area contributed by atoms with Crippen LogP contribution in [0.2, 0.25) is 5.02 Å². The molecule has 1 amide bonds. The minimum atomic E-state index is -0.185. The molecule has 0 aliphatic carbocycles. The van der Waals surface area contributed by atoms with E-state index in [-0.39, 0.29) is 5.91 Å². The number of nitrogens with zero attached hydrogens (tertiary/aromatic N) is 1. The van der Waals surface area contributed by atoms with Crippen molar-refractivity contribution in [3.63, 3.8) is 0 Å². The van der Waals surface area contributed by atoms with Gasteiger partial charge in [-0.15, -0.1) is 0 Å². The number of nitrogens with one attached hydrogen (secondary N) is 2. The second-order valence-electron chi connectivity index (χ2n) is 6.74. The molecule has 31 heavy (non-hydrogen) atoms. The molecule has 156 valence electrons. The Bertz CT molecular complexity index is 1170. The van der Waals surface area contributed by atoms with Gasteiger partial charge in [-0.25, -0.2) is 4.98 Å². The molecule has 0 atom stereocenters. The molecule has 0 spiro atoms. The molecule has 4 aromatic rings. The Hall–Kier alpha value is -3.77. The van der Waals surface area contributed by atoms with Crippen LogP contribution in [0.15, 0.2) is 83.4 Å². The van der Waals surface area contributed by atoms with Crippen molar-refractivity contribution < 1.29 is 13.9 Å². The highest BCUT2D eigenvalue weighted by molar-refractivity contribution is 6.30. The van der Waals surface area contributed by atoms with E-state index in [9.17, 15) is 4.79 Å². The Balaban J connectivity index is 1.34. The Labute approximate surface area is 184 Å². The molecule has 0 saturated heterocycles. The third-order valence-corrected chi connectivity index (χ3v) is 4.84. The third kappa shape index (κ3) is 5.24. The number of aromatic nitrogens is 1. The Morgan fingerprint density at radius 3 is 2.48 bits per heavy atom. The van der Waals surface area contributed by atoms with E-state index in [1.807, 2.05) is 36.4 Å². The zero-order valence-electron chi connectivity index (χ0n) is 16.8. The largest absolute Gasteiger partial charge is 0.497 e. The number of hydrogen-bond donors (Lipinski definition) is 2. The van der Waals surface area contributed by atoms with Gasteiger partial charge in [0.25, 0.3) is 5.91 Å². The first-order chi connectivity index (χ1) is 15.1. The molecule has 0 unspecified atom stereocenters. The average molecular weight is 434 g/mol. The summed E-state index contributed by atoms with van der Waals surface area (Å²) in [5.74, 6) is 1.76. The van der Waals surface area contributed by atoms with E-state index in [2.05, 4.69) is 15.6 Å². The van der Waals surface area contributed by atoms with E-state index in [4.69, 9.17) is 20.8 Å². The first-order valence-corrected chi connectivity index (χ1v) is 9.98. The summed E-state index contributed by atoms with van der Waals surface area (Å²) in [7, 11) is 1.60. The van der Waals surface area contributed by atoms with Gasteiger partial charge in [-0.3, -0.25) is 4.79 Å². The first kappa shape index (κ1) is 20.5. The molecule has 7 heteroatoms. The van der Waals surface area contributed by atoms with Crippen molar-refractivity contribution in [3.05, 3.63) is 95.5 Å². The van der Waals surface area contributed by atoms with Crippen LogP contribution in [-0.4, -0.2) is 18.0 Å². The summed E-state index contributed by atoms with van der Waals surface area (Å²) in [6.07, 6.45) is 1.68. The van der Waals surface area contributed by atoms with Gasteiger partial charge in [0.05, 0.1) is 19.9 Å². The van der Waals surface area contributed by atoms with Crippen molar-refractivity contribution >= 4 is 28.9 Å². The number of methoxy groups -OCH3 is 1. The van der Waals surface area contributed by atoms with Gasteiger partial charge in [0.1, 0.15) is 5.75 Å². The smallest absolute Gasteiger partial charge is 0.255 e. The van der Waals surface area contributed by atoms with Gasteiger partial charge < -0.3 is 19.8 Å². The van der Waals surface area contributed by atoms with Crippen LogP contribution < -0.4 is 15.4 Å². The molecule has 0 aliphatic heterocycles. The fraction of sp³-hybridized carbons (Fsp3) is 0.0833. The molecule has 0 bridgehead atoms. The average Bonchev–Trinajstić information content (AvgIpc) is 3.28. The highest BCUT2D eigenvalue weighted by Crippen LogP contribution is 2.24. The molecule has 6 nitrogen and oxygen atoms in total. The maximum Gasteiger partial charge on any atom is 0.255 e. The molecule has 3 aromatic carbocycles. The SMILES string of the molecule is COc1ccc(NC(=O)c2ccc(NCc3ncc(-c4cccc(Cl)c4)o3)cc2)cc1. The van der Waals surface area contributed by atoms with Crippen LogP contribution in [0, 0.1) is 0 Å². The van der Waals surface area contributed by atoms with E-state index in [1.165, 1.54) is 0 Å². The summed E-state index contributed by atoms with van der Waals surface area (Å²) >= 11 is 6.03. The Kier molecular flexibility index (Phi) is 6.19. The van der Waals surface area contributed by atoms with Crippen LogP contribution in [0.4, 0.5) is 11.4 Å². The zero-order valence-corrected chi connectivity index (χ0v) is 17.5. The van der Waals surface area contributed by atoms with Gasteiger partial charge in [-0.1, -0.05) is 23.7 Å². The lowest BCUT2D eigenvalue weighted by Gasteiger charge is -2.08. The predicted molar refractivity (Wildman–Crippen MR) is 122 cm³/mol. The van der Waals surface area contributed by atoms with Crippen LogP contribution >= 0.6 is 11.6 Å². The molecule has 0 aliphatic rings. The highest BCUT2D eigenvalue weighted by atomic mass is 35.5. The minimum absolute atomic E-state index is 0.185. The maximum absolute atomic E-state index is 12.4. The van der Waals surface area contributed by atoms with Crippen LogP contribution in [0.25, 0.3) is 11.3 Å². The summed E-state index contributed by atoms with van der Waals surface area (Å²) in [6, 6.07) is 21.8. The van der Waals surface area contributed by atoms with Crippen molar-refractivity contribution in [2.24, 2.45) is 0 Å². The number of hydrogen-bond acceptors (Lipinski definition) is 5. The standard InChI is InChI=1S/C24H20ClN3O3/c1-30-21-11-9-20(10-12-21)28-24(29)16-5-7-19(8-6-16)26-15-23-27-14-22(31-23)17-3-2-4-18(25)13-17/h2-14,26H,15H2,1H3,(H,28,29). The van der Waals surface area contributed by atoms with Crippen LogP contribution in [-0.2, 0) is 6.54 Å². The van der Waals surface area contributed by atoms with E-state index in [0.29, 0.717) is 34.5 Å². The van der Waals surface area contributed by atoms with Gasteiger partial charge >= 0.3 is 0 Å². The van der Waals surface area contributed by atoms with Crippen molar-refractivity contribution in [2.75, 3.05) is 17.7 Å². The van der Waals surface area contributed by atoms with Crippen LogP contribution in [0.1, 0.15) is 16.2 Å². The lowest BCUT2D eigenvalue weighted by atomic mass is 10.2. The van der Waals surface area contributed by atoms with Gasteiger partial charge in [0.15, 0.2) is 5.76 Å². The van der Waals surface area contributed by atoms with E-state index >= 15 is 0 Å². The van der Waals surface area contributed by atoms with Gasteiger partial charge in [-0.2, -0.15) is 0 Å². The van der Waals surface area contributed by atoms with Crippen molar-refractivity contribution in [2.45, 2.75) is 6.54 Å². The molecule has 1 heterocycles. The summed E-state index contributed by atoms with van der Waals surface area (Å²) < 4.78 is 10.9. The molecule has 0 saturated carbocycles. The van der Waals surface area contributed by atoms with Gasteiger partial charge in [-0.05, 0) is 60.7 Å². The second-order valence-corrected chi connectivity index (χ2v) is 7.18. The van der Waals surface area contributed by atoms with Crippen LogP contribution in [0.3, 0.4) is 0 Å². The number of ether oxygens (including phenoxy) is 1. The fourth-order valence-electron chi connectivity index (χ4n) is 2.96. The topological polar surface area (TPSA) is 76.4 Å². The zero-order chi connectivity index (χ0) is 21.6. The molecule has 2 N–H and O–H groups in total. The molecular weight excluding hydrogens is 414 g/mol. The monoisotopic (exact) mass is 433 g/mol. The number of carbonyl (C=O) groups excluding carboxylic acids is 1. The first-order valence-electron chi connectivity index (χ1n) is 9.61. The van der Waals surface area contributed by atoms with Gasteiger partial charge in [0.2, 0.25) is 5.89 Å². The predicted octanol–water partition coefficient (Wildman–Crippen LogP) is 5.87. The number of oxazole rings is 1. The van der Waals surface area contributed by atoms with E-state index in [0.717, 1.165) is 17.0 Å². The molecule has 4 rings (SSSR count). The minimum Gasteiger partial charge on any atom is -0.497 e. The number of carbonyl (C=O) groups is 1. The third-order valence-electron chi connectivity index (χ3n) is 4.60.